The molecule has 1 saturated heterocycles. The van der Waals surface area contributed by atoms with Crippen LogP contribution in [0.2, 0.25) is 5.02 Å². The largest absolute Gasteiger partial charge is 0.365 e. The normalized spacial score (nSPS) is 25.0. The van der Waals surface area contributed by atoms with Gasteiger partial charge in [0.15, 0.2) is 5.82 Å². The maximum atomic E-state index is 13.1. The van der Waals surface area contributed by atoms with E-state index in [1.165, 1.54) is 4.90 Å². The smallest absolute Gasteiger partial charge is 0.282 e. The summed E-state index contributed by atoms with van der Waals surface area (Å²) in [5.41, 5.74) is 6.52. The molecule has 1 aliphatic heterocycles. The molecule has 166 valence electrons. The Kier molecular flexibility index (Phi) is 5.63. The van der Waals surface area contributed by atoms with Crippen LogP contribution >= 0.6 is 11.6 Å². The molecule has 1 aromatic heterocycles. The van der Waals surface area contributed by atoms with Gasteiger partial charge in [-0.1, -0.05) is 18.5 Å². The summed E-state index contributed by atoms with van der Waals surface area (Å²) in [5.74, 6) is -3.39. The van der Waals surface area contributed by atoms with Crippen molar-refractivity contribution in [2.45, 2.75) is 38.2 Å². The topological polar surface area (TPSA) is 93.3 Å². The second kappa shape index (κ2) is 8.11. The molecule has 2 fully saturated rings. The molecule has 0 spiro atoms. The molecule has 2 heterocycles. The van der Waals surface area contributed by atoms with Crippen LogP contribution in [0.1, 0.15) is 42.6 Å². The Bertz CT molecular complexity index is 986. The lowest BCUT2D eigenvalue weighted by Crippen LogP contribution is -2.60. The lowest BCUT2D eigenvalue weighted by Gasteiger charge is -2.42. The van der Waals surface area contributed by atoms with E-state index < -0.39 is 24.9 Å². The monoisotopic (exact) mass is 451 g/mol. The number of carbonyl (C=O) groups is 2. The number of halogens is 3. The SMILES string of the molecule is CC1CC(C(=O)N2CC(F)(F)C2)CCC1n1cc(C(N)=O)c(Nc2ccc(Cl)cc2)n1. The molecular formula is C21H24ClF2N5O2. The van der Waals surface area contributed by atoms with Crippen LogP contribution in [0, 0.1) is 11.8 Å². The summed E-state index contributed by atoms with van der Waals surface area (Å²) >= 11 is 5.91. The van der Waals surface area contributed by atoms with Gasteiger partial charge in [-0.25, -0.2) is 8.78 Å². The molecule has 4 rings (SSSR count). The number of rotatable bonds is 5. The summed E-state index contributed by atoms with van der Waals surface area (Å²) in [5, 5.41) is 8.24. The highest BCUT2D eigenvalue weighted by molar-refractivity contribution is 6.30. The van der Waals surface area contributed by atoms with Gasteiger partial charge in [0.2, 0.25) is 5.91 Å². The van der Waals surface area contributed by atoms with Gasteiger partial charge in [-0.15, -0.1) is 0 Å². The van der Waals surface area contributed by atoms with Crippen molar-refractivity contribution in [2.24, 2.45) is 17.6 Å². The highest BCUT2D eigenvalue weighted by Gasteiger charge is 2.48. The Balaban J connectivity index is 1.46. The van der Waals surface area contributed by atoms with Crippen molar-refractivity contribution in [3.05, 3.63) is 41.0 Å². The first-order chi connectivity index (χ1) is 14.6. The maximum absolute atomic E-state index is 13.1. The van der Waals surface area contributed by atoms with E-state index in [0.29, 0.717) is 35.8 Å². The van der Waals surface area contributed by atoms with Gasteiger partial charge in [0.05, 0.1) is 19.1 Å². The molecule has 0 radical (unpaired) electrons. The number of likely N-dealkylation sites (tertiary alicyclic amines) is 1. The van der Waals surface area contributed by atoms with E-state index >= 15 is 0 Å². The number of nitrogens with one attached hydrogen (secondary N) is 1. The minimum absolute atomic E-state index is 0.0271. The molecule has 2 amide bonds. The molecule has 1 aliphatic carbocycles. The molecule has 0 bridgehead atoms. The van der Waals surface area contributed by atoms with E-state index in [-0.39, 0.29) is 29.3 Å². The number of carbonyl (C=O) groups excluding carboxylic acids is 2. The van der Waals surface area contributed by atoms with E-state index in [9.17, 15) is 18.4 Å². The average molecular weight is 452 g/mol. The molecule has 7 nitrogen and oxygen atoms in total. The van der Waals surface area contributed by atoms with Crippen molar-refractivity contribution >= 4 is 34.9 Å². The number of amides is 2. The Morgan fingerprint density at radius 3 is 2.48 bits per heavy atom. The van der Waals surface area contributed by atoms with Gasteiger partial charge in [0, 0.05) is 22.8 Å². The molecule has 1 saturated carbocycles. The van der Waals surface area contributed by atoms with Gasteiger partial charge in [-0.2, -0.15) is 5.10 Å². The highest BCUT2D eigenvalue weighted by atomic mass is 35.5. The molecule has 3 unspecified atom stereocenters. The van der Waals surface area contributed by atoms with E-state index in [0.717, 1.165) is 0 Å². The van der Waals surface area contributed by atoms with Crippen molar-refractivity contribution < 1.29 is 18.4 Å². The number of hydrogen-bond acceptors (Lipinski definition) is 4. The third-order valence-electron chi connectivity index (χ3n) is 6.07. The highest BCUT2D eigenvalue weighted by Crippen LogP contribution is 2.40. The Morgan fingerprint density at radius 2 is 1.90 bits per heavy atom. The number of hydrogen-bond donors (Lipinski definition) is 2. The lowest BCUT2D eigenvalue weighted by molar-refractivity contribution is -0.171. The molecular weight excluding hydrogens is 428 g/mol. The van der Waals surface area contributed by atoms with Crippen LogP contribution in [0.3, 0.4) is 0 Å². The van der Waals surface area contributed by atoms with E-state index in [4.69, 9.17) is 17.3 Å². The zero-order valence-electron chi connectivity index (χ0n) is 17.0. The zero-order valence-corrected chi connectivity index (χ0v) is 17.8. The fourth-order valence-corrected chi connectivity index (χ4v) is 4.55. The van der Waals surface area contributed by atoms with Crippen LogP contribution in [-0.2, 0) is 4.79 Å². The molecule has 1 aromatic carbocycles. The summed E-state index contributed by atoms with van der Waals surface area (Å²) in [6, 6.07) is 6.95. The second-order valence-corrected chi connectivity index (χ2v) is 8.91. The number of anilines is 2. The number of nitrogens with two attached hydrogens (primary N) is 1. The molecule has 3 N–H and O–H groups in total. The van der Waals surface area contributed by atoms with Gasteiger partial charge < -0.3 is 16.0 Å². The van der Waals surface area contributed by atoms with Crippen LogP contribution in [-0.4, -0.2) is 45.5 Å². The Morgan fingerprint density at radius 1 is 1.23 bits per heavy atom. The number of aromatic nitrogens is 2. The minimum Gasteiger partial charge on any atom is -0.365 e. The number of alkyl halides is 2. The van der Waals surface area contributed by atoms with Crippen LogP contribution in [0.4, 0.5) is 20.3 Å². The predicted molar refractivity (Wildman–Crippen MR) is 113 cm³/mol. The molecule has 2 aliphatic rings. The Labute approximate surface area is 183 Å². The van der Waals surface area contributed by atoms with Crippen LogP contribution in [0.5, 0.6) is 0 Å². The molecule has 31 heavy (non-hydrogen) atoms. The van der Waals surface area contributed by atoms with Crippen molar-refractivity contribution in [3.63, 3.8) is 0 Å². The summed E-state index contributed by atoms with van der Waals surface area (Å²) in [7, 11) is 0. The number of benzene rings is 1. The van der Waals surface area contributed by atoms with E-state index in [2.05, 4.69) is 10.4 Å². The van der Waals surface area contributed by atoms with Crippen LogP contribution in [0.15, 0.2) is 30.5 Å². The third kappa shape index (κ3) is 4.51. The molecule has 2 aromatic rings. The second-order valence-electron chi connectivity index (χ2n) is 8.47. The van der Waals surface area contributed by atoms with Gasteiger partial charge in [0.1, 0.15) is 5.56 Å². The summed E-state index contributed by atoms with van der Waals surface area (Å²) in [6.45, 7) is 1.04. The number of primary amides is 1. The van der Waals surface area contributed by atoms with Gasteiger partial charge >= 0.3 is 0 Å². The van der Waals surface area contributed by atoms with E-state index in [1.54, 1.807) is 35.1 Å². The first-order valence-electron chi connectivity index (χ1n) is 10.2. The van der Waals surface area contributed by atoms with Gasteiger partial charge in [-0.3, -0.25) is 14.3 Å². The fourth-order valence-electron chi connectivity index (χ4n) is 4.43. The Hall–Kier alpha value is -2.68. The fraction of sp³-hybridized carbons (Fsp3) is 0.476. The maximum Gasteiger partial charge on any atom is 0.282 e. The zero-order chi connectivity index (χ0) is 22.3. The van der Waals surface area contributed by atoms with Crippen molar-refractivity contribution in [1.29, 1.82) is 0 Å². The third-order valence-corrected chi connectivity index (χ3v) is 6.33. The minimum atomic E-state index is -2.76. The molecule has 3 atom stereocenters. The van der Waals surface area contributed by atoms with E-state index in [1.807, 2.05) is 6.92 Å². The van der Waals surface area contributed by atoms with Crippen molar-refractivity contribution in [3.8, 4) is 0 Å². The van der Waals surface area contributed by atoms with Gasteiger partial charge in [-0.05, 0) is 49.4 Å². The summed E-state index contributed by atoms with van der Waals surface area (Å²) in [6.07, 6.45) is 3.45. The average Bonchev–Trinajstić information content (AvgIpc) is 3.11. The first kappa shape index (κ1) is 21.5. The van der Waals surface area contributed by atoms with Crippen molar-refractivity contribution in [2.75, 3.05) is 18.4 Å². The van der Waals surface area contributed by atoms with Gasteiger partial charge in [0.25, 0.3) is 11.8 Å². The number of nitrogens with zero attached hydrogens (tertiary/aromatic N) is 3. The lowest BCUT2D eigenvalue weighted by atomic mass is 9.78. The van der Waals surface area contributed by atoms with Crippen LogP contribution < -0.4 is 11.1 Å². The predicted octanol–water partition coefficient (Wildman–Crippen LogP) is 3.83. The summed E-state index contributed by atoms with van der Waals surface area (Å²) < 4.78 is 27.9. The quantitative estimate of drug-likeness (QED) is 0.722. The standard InChI is InChI=1S/C21H24ClF2N5O2/c1-12-8-13(20(31)28-10-21(23,24)11-28)2-7-17(12)29-9-16(18(25)30)19(27-29)26-15-5-3-14(22)4-6-15/h3-6,9,12-13,17H,2,7-8,10-11H2,1H3,(H2,25,30)(H,26,27). The first-order valence-corrected chi connectivity index (χ1v) is 10.6. The van der Waals surface area contributed by atoms with Crippen molar-refractivity contribution in [1.82, 2.24) is 14.7 Å². The molecule has 10 heteroatoms. The van der Waals surface area contributed by atoms with Crippen LogP contribution in [0.25, 0.3) is 0 Å². The summed E-state index contributed by atoms with van der Waals surface area (Å²) in [4.78, 5) is 25.7.